The predicted octanol–water partition coefficient (Wildman–Crippen LogP) is 3.80. The van der Waals surface area contributed by atoms with Crippen molar-refractivity contribution in [2.75, 3.05) is 0 Å². The lowest BCUT2D eigenvalue weighted by atomic mass is 9.40. The summed E-state index contributed by atoms with van der Waals surface area (Å²) in [4.78, 5) is 4.82. The maximum Gasteiger partial charge on any atom is 0.105 e. The van der Waals surface area contributed by atoms with E-state index in [1.54, 1.807) is 0 Å². The summed E-state index contributed by atoms with van der Waals surface area (Å²) in [6, 6.07) is 12.8. The molecule has 0 radical (unpaired) electrons. The second-order valence-electron chi connectivity index (χ2n) is 9.71. The largest absolute Gasteiger partial charge is 0.256 e. The third-order valence-corrected chi connectivity index (χ3v) is 5.33. The van der Waals surface area contributed by atoms with Crippen LogP contribution in [0.5, 0.6) is 0 Å². The normalized spacial score (nSPS) is 13.1. The number of nitrogens with zero attached hydrogens (tertiary/aromatic N) is 1. The molecular formula is C21H31B2N. The number of pyridine rings is 1. The molecule has 0 N–H and O–H groups in total. The van der Waals surface area contributed by atoms with Gasteiger partial charge in [0, 0.05) is 11.8 Å². The van der Waals surface area contributed by atoms with E-state index in [9.17, 15) is 0 Å². The van der Waals surface area contributed by atoms with Crippen LogP contribution in [0, 0.1) is 10.8 Å². The second kappa shape index (κ2) is 6.43. The smallest absolute Gasteiger partial charge is 0.105 e. The van der Waals surface area contributed by atoms with E-state index in [-0.39, 0.29) is 16.0 Å². The third-order valence-electron chi connectivity index (χ3n) is 5.33. The van der Waals surface area contributed by atoms with Gasteiger partial charge in [0.1, 0.15) is 15.7 Å². The standard InChI is InChI=1S/C21H31B2N/c1-19(2,3)13-16-12-18(15-10-8-7-9-11-15)24-14-17(16)21(22,23)20(4,5)6/h7-12,14H,13,22-23H2,1-6H3. The molecule has 1 heterocycles. The Balaban J connectivity index is 2.60. The van der Waals surface area contributed by atoms with E-state index in [1.165, 1.54) is 16.7 Å². The number of aromatic nitrogens is 1. The second-order valence-corrected chi connectivity index (χ2v) is 9.71. The van der Waals surface area contributed by atoms with Gasteiger partial charge in [0.15, 0.2) is 0 Å². The summed E-state index contributed by atoms with van der Waals surface area (Å²) in [5.74, 6) is 0. The number of benzene rings is 1. The molecule has 0 atom stereocenters. The maximum atomic E-state index is 4.82. The van der Waals surface area contributed by atoms with Crippen LogP contribution >= 0.6 is 0 Å². The van der Waals surface area contributed by atoms with Gasteiger partial charge in [0.25, 0.3) is 0 Å². The van der Waals surface area contributed by atoms with Gasteiger partial charge in [0.2, 0.25) is 0 Å². The molecule has 0 bridgehead atoms. The van der Waals surface area contributed by atoms with Crippen LogP contribution < -0.4 is 0 Å². The zero-order valence-corrected chi connectivity index (χ0v) is 16.7. The minimum Gasteiger partial charge on any atom is -0.256 e. The Morgan fingerprint density at radius 2 is 1.50 bits per heavy atom. The van der Waals surface area contributed by atoms with E-state index in [0.29, 0.717) is 0 Å². The minimum atomic E-state index is 0.0653. The van der Waals surface area contributed by atoms with Crippen LogP contribution in [0.25, 0.3) is 11.3 Å². The van der Waals surface area contributed by atoms with E-state index in [4.69, 9.17) is 4.98 Å². The van der Waals surface area contributed by atoms with Gasteiger partial charge in [-0.1, -0.05) is 77.1 Å². The molecule has 0 unspecified atom stereocenters. The molecular weight excluding hydrogens is 288 g/mol. The van der Waals surface area contributed by atoms with Gasteiger partial charge in [-0.15, -0.1) is 0 Å². The molecule has 1 aromatic heterocycles. The summed E-state index contributed by atoms with van der Waals surface area (Å²) in [6.07, 6.45) is 3.18. The lowest BCUT2D eigenvalue weighted by molar-refractivity contribution is 0.350. The number of rotatable bonds is 3. The summed E-state index contributed by atoms with van der Waals surface area (Å²) in [5, 5.41) is 0.0653. The zero-order valence-electron chi connectivity index (χ0n) is 16.7. The monoisotopic (exact) mass is 319 g/mol. The van der Waals surface area contributed by atoms with Gasteiger partial charge in [-0.25, -0.2) is 0 Å². The Labute approximate surface area is 150 Å². The Morgan fingerprint density at radius 3 is 2.00 bits per heavy atom. The highest BCUT2D eigenvalue weighted by molar-refractivity contribution is 6.40. The highest BCUT2D eigenvalue weighted by Gasteiger charge is 2.36. The van der Waals surface area contributed by atoms with Gasteiger partial charge in [0.05, 0.1) is 5.69 Å². The molecule has 0 fully saturated rings. The van der Waals surface area contributed by atoms with E-state index < -0.39 is 0 Å². The molecule has 0 saturated heterocycles. The summed E-state index contributed by atoms with van der Waals surface area (Å²) in [7, 11) is 4.69. The van der Waals surface area contributed by atoms with Crippen molar-refractivity contribution in [3.05, 3.63) is 53.7 Å². The molecule has 0 saturated carbocycles. The first-order valence-corrected chi connectivity index (χ1v) is 8.97. The van der Waals surface area contributed by atoms with Gasteiger partial charge in [-0.3, -0.25) is 4.98 Å². The highest BCUT2D eigenvalue weighted by Crippen LogP contribution is 2.39. The molecule has 0 aliphatic heterocycles. The molecule has 126 valence electrons. The summed E-state index contributed by atoms with van der Waals surface area (Å²) < 4.78 is 0. The first kappa shape index (κ1) is 18.8. The van der Waals surface area contributed by atoms with Gasteiger partial charge >= 0.3 is 0 Å². The Morgan fingerprint density at radius 1 is 0.917 bits per heavy atom. The molecule has 0 aliphatic rings. The average Bonchev–Trinajstić information content (AvgIpc) is 2.45. The maximum absolute atomic E-state index is 4.82. The lowest BCUT2D eigenvalue weighted by Gasteiger charge is -2.41. The number of hydrogen-bond acceptors (Lipinski definition) is 1. The van der Waals surface area contributed by atoms with Gasteiger partial charge in [-0.2, -0.15) is 0 Å². The SMILES string of the molecule is BC(B)(c1cnc(-c2ccccc2)cc1CC(C)(C)C)C(C)(C)C. The fraction of sp³-hybridized carbons (Fsp3) is 0.476. The van der Waals surface area contributed by atoms with E-state index in [0.717, 1.165) is 12.1 Å². The van der Waals surface area contributed by atoms with Crippen LogP contribution in [0.15, 0.2) is 42.6 Å². The van der Waals surface area contributed by atoms with Gasteiger partial charge in [-0.05, 0) is 34.4 Å². The molecule has 0 amide bonds. The molecule has 2 aromatic rings. The van der Waals surface area contributed by atoms with Crippen LogP contribution in [0.2, 0.25) is 0 Å². The lowest BCUT2D eigenvalue weighted by Crippen LogP contribution is -2.42. The fourth-order valence-electron chi connectivity index (χ4n) is 2.95. The predicted molar refractivity (Wildman–Crippen MR) is 111 cm³/mol. The van der Waals surface area contributed by atoms with E-state index >= 15 is 0 Å². The molecule has 1 aromatic carbocycles. The topological polar surface area (TPSA) is 12.9 Å². The summed E-state index contributed by atoms with van der Waals surface area (Å²) in [5.41, 5.74) is 5.49. The minimum absolute atomic E-state index is 0.0653. The molecule has 1 nitrogen and oxygen atoms in total. The van der Waals surface area contributed by atoms with Crippen LogP contribution in [0.4, 0.5) is 0 Å². The van der Waals surface area contributed by atoms with Crippen molar-refractivity contribution in [3.63, 3.8) is 0 Å². The molecule has 3 heteroatoms. The summed E-state index contributed by atoms with van der Waals surface area (Å²) in [6.45, 7) is 13.9. The van der Waals surface area contributed by atoms with Gasteiger partial charge < -0.3 is 0 Å². The quantitative estimate of drug-likeness (QED) is 0.784. The molecule has 24 heavy (non-hydrogen) atoms. The van der Waals surface area contributed by atoms with Crippen LogP contribution in [0.3, 0.4) is 0 Å². The third kappa shape index (κ3) is 4.12. The first-order chi connectivity index (χ1) is 10.9. The van der Waals surface area contributed by atoms with Crippen molar-refractivity contribution < 1.29 is 0 Å². The number of hydrogen-bond donors (Lipinski definition) is 0. The Hall–Kier alpha value is -1.50. The Kier molecular flexibility index (Phi) is 5.04. The molecule has 0 aliphatic carbocycles. The van der Waals surface area contributed by atoms with Crippen molar-refractivity contribution in [3.8, 4) is 11.3 Å². The van der Waals surface area contributed by atoms with Crippen molar-refractivity contribution in [1.82, 2.24) is 4.98 Å². The van der Waals surface area contributed by atoms with E-state index in [2.05, 4.69) is 99.8 Å². The zero-order chi connectivity index (χ0) is 18.2. The van der Waals surface area contributed by atoms with Crippen molar-refractivity contribution in [2.45, 2.75) is 53.2 Å². The summed E-state index contributed by atoms with van der Waals surface area (Å²) >= 11 is 0. The first-order valence-electron chi connectivity index (χ1n) is 8.97. The van der Waals surface area contributed by atoms with Crippen molar-refractivity contribution in [2.24, 2.45) is 10.8 Å². The molecule has 0 spiro atoms. The fourth-order valence-corrected chi connectivity index (χ4v) is 2.95. The van der Waals surface area contributed by atoms with E-state index in [1.807, 2.05) is 0 Å². The molecule has 2 rings (SSSR count). The van der Waals surface area contributed by atoms with Crippen LogP contribution in [0.1, 0.15) is 52.7 Å². The van der Waals surface area contributed by atoms with Crippen LogP contribution in [-0.4, -0.2) is 20.7 Å². The van der Waals surface area contributed by atoms with Crippen LogP contribution in [-0.2, 0) is 11.6 Å². The Bertz CT molecular complexity index is 692. The van der Waals surface area contributed by atoms with Crippen molar-refractivity contribution in [1.29, 1.82) is 0 Å². The highest BCUT2D eigenvalue weighted by atomic mass is 14.7. The van der Waals surface area contributed by atoms with Crippen molar-refractivity contribution >= 4 is 15.7 Å². The average molecular weight is 319 g/mol.